The third-order valence-corrected chi connectivity index (χ3v) is 6.99. The molecule has 1 aromatic heterocycles. The van der Waals surface area contributed by atoms with Crippen LogP contribution < -0.4 is 10.0 Å². The van der Waals surface area contributed by atoms with Crippen molar-refractivity contribution in [2.75, 3.05) is 0 Å². The van der Waals surface area contributed by atoms with Gasteiger partial charge in [-0.15, -0.1) is 0 Å². The molecule has 3 N–H and O–H groups in total. The highest BCUT2D eigenvalue weighted by Crippen LogP contribution is 2.21. The quantitative estimate of drug-likeness (QED) is 0.350. The lowest BCUT2D eigenvalue weighted by Crippen LogP contribution is -2.47. The number of aromatic amines is 1. The molecule has 0 aliphatic heterocycles. The van der Waals surface area contributed by atoms with Crippen molar-refractivity contribution in [2.45, 2.75) is 23.9 Å². The van der Waals surface area contributed by atoms with Gasteiger partial charge in [0.2, 0.25) is 15.9 Å². The second-order valence-corrected chi connectivity index (χ2v) is 9.65. The summed E-state index contributed by atoms with van der Waals surface area (Å²) in [6.07, 6.45) is 1.85. The van der Waals surface area contributed by atoms with Crippen LogP contribution in [0.3, 0.4) is 0 Å². The van der Waals surface area contributed by atoms with E-state index in [0.29, 0.717) is 10.6 Å². The van der Waals surface area contributed by atoms with Gasteiger partial charge in [-0.05, 0) is 48.4 Å². The van der Waals surface area contributed by atoms with Crippen LogP contribution in [0.5, 0.6) is 0 Å². The Labute approximate surface area is 195 Å². The Hall–Kier alpha value is -3.20. The standard InChI is InChI=1S/C24H21ClFN3O3S/c25-18-9-11-19(12-10-18)33(31,32)29-23(13-17-15-27-22-8-4-2-6-20(17)22)24(30)28-14-16-5-1-3-7-21(16)26/h1-12,15,23,27,29H,13-14H2,(H,28,30)/t23-/m0/s1. The van der Waals surface area contributed by atoms with Crippen LogP contribution in [-0.4, -0.2) is 25.4 Å². The van der Waals surface area contributed by atoms with Gasteiger partial charge < -0.3 is 10.3 Å². The van der Waals surface area contributed by atoms with Gasteiger partial charge >= 0.3 is 0 Å². The van der Waals surface area contributed by atoms with Gasteiger partial charge in [-0.3, -0.25) is 4.79 Å². The normalized spacial score (nSPS) is 12.5. The number of halogens is 2. The molecule has 6 nitrogen and oxygen atoms in total. The fraction of sp³-hybridized carbons (Fsp3) is 0.125. The first kappa shape index (κ1) is 23.0. The third kappa shape index (κ3) is 5.42. The Morgan fingerprint density at radius 1 is 0.970 bits per heavy atom. The van der Waals surface area contributed by atoms with E-state index >= 15 is 0 Å². The van der Waals surface area contributed by atoms with E-state index in [0.717, 1.165) is 16.5 Å². The molecule has 0 aliphatic carbocycles. The molecule has 0 saturated carbocycles. The number of amides is 1. The van der Waals surface area contributed by atoms with Gasteiger partial charge in [0.05, 0.1) is 4.90 Å². The highest BCUT2D eigenvalue weighted by molar-refractivity contribution is 7.89. The fourth-order valence-corrected chi connectivity index (χ4v) is 4.85. The average molecular weight is 486 g/mol. The van der Waals surface area contributed by atoms with Gasteiger partial charge in [-0.1, -0.05) is 48.0 Å². The molecule has 0 aliphatic rings. The number of sulfonamides is 1. The van der Waals surface area contributed by atoms with E-state index in [1.165, 1.54) is 30.3 Å². The Morgan fingerprint density at radius 2 is 1.67 bits per heavy atom. The molecule has 0 unspecified atom stereocenters. The number of carbonyl (C=O) groups excluding carboxylic acids is 1. The molecule has 0 fully saturated rings. The number of rotatable bonds is 8. The molecule has 3 aromatic carbocycles. The van der Waals surface area contributed by atoms with Crippen LogP contribution in [-0.2, 0) is 27.8 Å². The van der Waals surface area contributed by atoms with Crippen LogP contribution >= 0.6 is 11.6 Å². The highest BCUT2D eigenvalue weighted by atomic mass is 35.5. The second kappa shape index (κ2) is 9.74. The van der Waals surface area contributed by atoms with Crippen molar-refractivity contribution in [1.29, 1.82) is 0 Å². The lowest BCUT2D eigenvalue weighted by Gasteiger charge is -2.19. The van der Waals surface area contributed by atoms with E-state index in [1.54, 1.807) is 24.4 Å². The minimum atomic E-state index is -4.02. The lowest BCUT2D eigenvalue weighted by atomic mass is 10.0. The van der Waals surface area contributed by atoms with Crippen LogP contribution in [0.1, 0.15) is 11.1 Å². The zero-order chi connectivity index (χ0) is 23.4. The van der Waals surface area contributed by atoms with E-state index in [9.17, 15) is 17.6 Å². The molecule has 9 heteroatoms. The van der Waals surface area contributed by atoms with E-state index in [-0.39, 0.29) is 17.9 Å². The van der Waals surface area contributed by atoms with Crippen molar-refractivity contribution in [2.24, 2.45) is 0 Å². The molecular formula is C24H21ClFN3O3S. The van der Waals surface area contributed by atoms with E-state index in [1.807, 2.05) is 24.3 Å². The van der Waals surface area contributed by atoms with E-state index in [2.05, 4.69) is 15.0 Å². The van der Waals surface area contributed by atoms with Crippen molar-refractivity contribution in [3.63, 3.8) is 0 Å². The third-order valence-electron chi connectivity index (χ3n) is 5.25. The second-order valence-electron chi connectivity index (χ2n) is 7.50. The Balaban J connectivity index is 1.60. The molecule has 4 aromatic rings. The maximum atomic E-state index is 14.0. The van der Waals surface area contributed by atoms with Crippen molar-refractivity contribution < 1.29 is 17.6 Å². The fourth-order valence-electron chi connectivity index (χ4n) is 3.52. The van der Waals surface area contributed by atoms with Gasteiger partial charge in [0.15, 0.2) is 0 Å². The van der Waals surface area contributed by atoms with Crippen LogP contribution in [0.4, 0.5) is 4.39 Å². The molecule has 33 heavy (non-hydrogen) atoms. The first-order chi connectivity index (χ1) is 15.8. The number of benzene rings is 3. The number of para-hydroxylation sites is 1. The molecule has 1 atom stereocenters. The molecule has 4 rings (SSSR count). The molecule has 170 valence electrons. The monoisotopic (exact) mass is 485 g/mol. The zero-order valence-corrected chi connectivity index (χ0v) is 19.0. The zero-order valence-electron chi connectivity index (χ0n) is 17.4. The SMILES string of the molecule is O=C(NCc1ccccc1F)[C@H](Cc1c[nH]c2ccccc12)NS(=O)(=O)c1ccc(Cl)cc1. The smallest absolute Gasteiger partial charge is 0.241 e. The number of H-pyrrole nitrogens is 1. The van der Waals surface area contributed by atoms with Gasteiger partial charge in [-0.25, -0.2) is 12.8 Å². The molecule has 0 spiro atoms. The summed E-state index contributed by atoms with van der Waals surface area (Å²) in [5.41, 5.74) is 1.95. The highest BCUT2D eigenvalue weighted by Gasteiger charge is 2.27. The summed E-state index contributed by atoms with van der Waals surface area (Å²) in [5, 5.41) is 3.93. The number of carbonyl (C=O) groups is 1. The molecule has 0 saturated heterocycles. The van der Waals surface area contributed by atoms with Gasteiger partial charge in [0.1, 0.15) is 11.9 Å². The largest absolute Gasteiger partial charge is 0.361 e. The Bertz CT molecular complexity index is 1390. The summed E-state index contributed by atoms with van der Waals surface area (Å²) in [5.74, 6) is -1.02. The first-order valence-electron chi connectivity index (χ1n) is 10.2. The molecule has 1 heterocycles. The van der Waals surface area contributed by atoms with Gasteiger partial charge in [0.25, 0.3) is 0 Å². The number of aromatic nitrogens is 1. The summed E-state index contributed by atoms with van der Waals surface area (Å²) in [4.78, 5) is 16.2. The summed E-state index contributed by atoms with van der Waals surface area (Å²) >= 11 is 5.87. The van der Waals surface area contributed by atoms with E-state index in [4.69, 9.17) is 11.6 Å². The first-order valence-corrected chi connectivity index (χ1v) is 12.0. The van der Waals surface area contributed by atoms with Crippen molar-refractivity contribution in [3.05, 3.63) is 101 Å². The minimum Gasteiger partial charge on any atom is -0.361 e. The number of nitrogens with one attached hydrogen (secondary N) is 3. The average Bonchev–Trinajstić information content (AvgIpc) is 3.21. The summed E-state index contributed by atoms with van der Waals surface area (Å²) in [6, 6.07) is 18.1. The Kier molecular flexibility index (Phi) is 6.78. The van der Waals surface area contributed by atoms with Crippen LogP contribution in [0.25, 0.3) is 10.9 Å². The van der Waals surface area contributed by atoms with Gasteiger partial charge in [0, 0.05) is 34.2 Å². The molecular weight excluding hydrogens is 465 g/mol. The van der Waals surface area contributed by atoms with Gasteiger partial charge in [-0.2, -0.15) is 4.72 Å². The van der Waals surface area contributed by atoms with Crippen LogP contribution in [0, 0.1) is 5.82 Å². The van der Waals surface area contributed by atoms with Crippen molar-refractivity contribution in [3.8, 4) is 0 Å². The predicted octanol–water partition coefficient (Wildman–Crippen LogP) is 4.17. The summed E-state index contributed by atoms with van der Waals surface area (Å²) in [6.45, 7) is -0.0709. The maximum Gasteiger partial charge on any atom is 0.241 e. The number of fused-ring (bicyclic) bond motifs is 1. The topological polar surface area (TPSA) is 91.1 Å². The van der Waals surface area contributed by atoms with Crippen LogP contribution in [0.2, 0.25) is 5.02 Å². The molecule has 1 amide bonds. The van der Waals surface area contributed by atoms with Crippen molar-refractivity contribution in [1.82, 2.24) is 15.0 Å². The molecule has 0 radical (unpaired) electrons. The number of hydrogen-bond donors (Lipinski definition) is 3. The lowest BCUT2D eigenvalue weighted by molar-refractivity contribution is -0.122. The molecule has 0 bridgehead atoms. The summed E-state index contributed by atoms with van der Waals surface area (Å²) < 4.78 is 42.4. The maximum absolute atomic E-state index is 14.0. The number of hydrogen-bond acceptors (Lipinski definition) is 3. The predicted molar refractivity (Wildman–Crippen MR) is 126 cm³/mol. The van der Waals surface area contributed by atoms with Crippen molar-refractivity contribution >= 4 is 38.4 Å². The van der Waals surface area contributed by atoms with Crippen LogP contribution in [0.15, 0.2) is 83.9 Å². The Morgan fingerprint density at radius 3 is 2.42 bits per heavy atom. The minimum absolute atomic E-state index is 0.0160. The summed E-state index contributed by atoms with van der Waals surface area (Å²) in [7, 11) is -4.02. The van der Waals surface area contributed by atoms with E-state index < -0.39 is 27.8 Å².